The molecule has 6 rings (SSSR count). The Hall–Kier alpha value is -3.48. The second kappa shape index (κ2) is 8.01. The summed E-state index contributed by atoms with van der Waals surface area (Å²) in [7, 11) is 0. The third-order valence-corrected chi connectivity index (χ3v) is 8.50. The van der Waals surface area contributed by atoms with E-state index in [4.69, 9.17) is 33.4 Å². The highest BCUT2D eigenvalue weighted by Crippen LogP contribution is 2.79. The number of carbonyl (C=O) groups is 2. The van der Waals surface area contributed by atoms with Gasteiger partial charge in [0.2, 0.25) is 0 Å². The van der Waals surface area contributed by atoms with Gasteiger partial charge in [-0.3, -0.25) is 9.59 Å². The van der Waals surface area contributed by atoms with Crippen molar-refractivity contribution < 1.29 is 9.59 Å². The molecular weight excluding hydrogens is 507 g/mol. The lowest BCUT2D eigenvalue weighted by molar-refractivity contribution is -0.126. The molecule has 0 radical (unpaired) electrons. The Labute approximate surface area is 225 Å². The van der Waals surface area contributed by atoms with Gasteiger partial charge in [-0.2, -0.15) is 20.2 Å². The molecule has 2 unspecified atom stereocenters. The van der Waals surface area contributed by atoms with E-state index in [9.17, 15) is 9.59 Å². The number of anilines is 2. The van der Waals surface area contributed by atoms with Gasteiger partial charge in [-0.1, -0.05) is 64.7 Å². The molecule has 0 N–H and O–H groups in total. The molecule has 2 aliphatic heterocycles. The van der Waals surface area contributed by atoms with Gasteiger partial charge in [0.15, 0.2) is 0 Å². The predicted molar refractivity (Wildman–Crippen MR) is 148 cm³/mol. The average molecular weight is 531 g/mol. The van der Waals surface area contributed by atoms with E-state index in [-0.39, 0.29) is 11.8 Å². The van der Waals surface area contributed by atoms with Crippen LogP contribution in [-0.4, -0.2) is 23.2 Å². The monoisotopic (exact) mass is 530 g/mol. The van der Waals surface area contributed by atoms with Crippen LogP contribution < -0.4 is 10.0 Å². The number of hydrazone groups is 2. The van der Waals surface area contributed by atoms with Crippen molar-refractivity contribution in [3.05, 3.63) is 93.5 Å². The minimum atomic E-state index is -1.25. The van der Waals surface area contributed by atoms with Crippen LogP contribution in [0.5, 0.6) is 0 Å². The molecule has 37 heavy (non-hydrogen) atoms. The van der Waals surface area contributed by atoms with Gasteiger partial charge >= 0.3 is 0 Å². The first kappa shape index (κ1) is 23.9. The van der Waals surface area contributed by atoms with E-state index in [1.807, 2.05) is 76.2 Å². The van der Waals surface area contributed by atoms with E-state index in [0.717, 1.165) is 11.1 Å². The number of aryl methyl sites for hydroxylation is 2. The second-order valence-corrected chi connectivity index (χ2v) is 10.8. The SMILES string of the molecule is CC1=NN(c2ccc(C)cc2)C(=O)C12C(c1ccc(Cl)cc1Cl)C21C(=O)N(c2ccc(C)cc2)N=C1C. The van der Waals surface area contributed by atoms with E-state index >= 15 is 0 Å². The van der Waals surface area contributed by atoms with Crippen LogP contribution in [-0.2, 0) is 9.59 Å². The molecule has 3 aromatic rings. The topological polar surface area (TPSA) is 65.3 Å². The first-order chi connectivity index (χ1) is 17.6. The van der Waals surface area contributed by atoms with E-state index < -0.39 is 16.7 Å². The van der Waals surface area contributed by atoms with Crippen LogP contribution in [0.3, 0.4) is 0 Å². The van der Waals surface area contributed by atoms with Gasteiger partial charge in [-0.25, -0.2) is 0 Å². The zero-order valence-corrected chi connectivity index (χ0v) is 22.3. The number of rotatable bonds is 3. The van der Waals surface area contributed by atoms with Crippen molar-refractivity contribution in [1.29, 1.82) is 0 Å². The van der Waals surface area contributed by atoms with Crippen molar-refractivity contribution in [2.24, 2.45) is 21.0 Å². The molecule has 186 valence electrons. The average Bonchev–Trinajstić information content (AvgIpc) is 3.33. The predicted octanol–water partition coefficient (Wildman–Crippen LogP) is 6.53. The fourth-order valence-electron chi connectivity index (χ4n) is 6.16. The lowest BCUT2D eigenvalue weighted by Gasteiger charge is -2.19. The highest BCUT2D eigenvalue weighted by Gasteiger charge is 2.91. The zero-order valence-electron chi connectivity index (χ0n) is 20.8. The van der Waals surface area contributed by atoms with Gasteiger partial charge in [0.05, 0.1) is 22.8 Å². The van der Waals surface area contributed by atoms with Gasteiger partial charge in [0.1, 0.15) is 10.8 Å². The van der Waals surface area contributed by atoms with Crippen LogP contribution in [0.15, 0.2) is 76.9 Å². The van der Waals surface area contributed by atoms with Gasteiger partial charge in [0.25, 0.3) is 11.8 Å². The molecular formula is C29H24Cl2N4O2. The third-order valence-electron chi connectivity index (χ3n) is 7.94. The van der Waals surface area contributed by atoms with Crippen molar-refractivity contribution in [3.8, 4) is 0 Å². The number of nitrogens with zero attached hydrogens (tertiary/aromatic N) is 4. The molecule has 0 saturated heterocycles. The Balaban J connectivity index is 1.53. The van der Waals surface area contributed by atoms with Gasteiger partial charge < -0.3 is 0 Å². The Morgan fingerprint density at radius 2 is 1.11 bits per heavy atom. The molecule has 0 aromatic heterocycles. The highest BCUT2D eigenvalue weighted by atomic mass is 35.5. The largest absolute Gasteiger partial charge is 0.271 e. The van der Waals surface area contributed by atoms with Crippen LogP contribution in [0.4, 0.5) is 11.4 Å². The summed E-state index contributed by atoms with van der Waals surface area (Å²) in [4.78, 5) is 28.8. The second-order valence-electron chi connectivity index (χ2n) is 9.99. The van der Waals surface area contributed by atoms with E-state index in [1.54, 1.807) is 18.2 Å². The molecule has 1 saturated carbocycles. The molecule has 3 aliphatic rings. The Morgan fingerprint density at radius 1 is 0.676 bits per heavy atom. The Kier molecular flexibility index (Phi) is 5.17. The molecule has 0 bridgehead atoms. The van der Waals surface area contributed by atoms with Crippen molar-refractivity contribution in [2.75, 3.05) is 10.0 Å². The van der Waals surface area contributed by atoms with E-state index in [0.29, 0.717) is 38.4 Å². The molecule has 3 aromatic carbocycles. The van der Waals surface area contributed by atoms with Crippen LogP contribution >= 0.6 is 23.2 Å². The Bertz CT molecular complexity index is 1460. The number of amides is 2. The molecule has 2 heterocycles. The van der Waals surface area contributed by atoms with E-state index in [2.05, 4.69) is 0 Å². The first-order valence-corrected chi connectivity index (χ1v) is 12.8. The highest BCUT2D eigenvalue weighted by molar-refractivity contribution is 6.39. The minimum Gasteiger partial charge on any atom is -0.271 e. The fraction of sp³-hybridized carbons (Fsp3) is 0.241. The third kappa shape index (κ3) is 3.00. The summed E-state index contributed by atoms with van der Waals surface area (Å²) < 4.78 is 0. The van der Waals surface area contributed by atoms with Crippen molar-refractivity contribution in [3.63, 3.8) is 0 Å². The summed E-state index contributed by atoms with van der Waals surface area (Å²) >= 11 is 12.9. The molecule has 6 nitrogen and oxygen atoms in total. The summed E-state index contributed by atoms with van der Waals surface area (Å²) in [5, 5.41) is 13.1. The number of halogens is 2. The minimum absolute atomic E-state index is 0.265. The van der Waals surface area contributed by atoms with Crippen LogP contribution in [0.1, 0.15) is 36.5 Å². The van der Waals surface area contributed by atoms with Crippen molar-refractivity contribution in [2.45, 2.75) is 33.6 Å². The molecule has 1 aliphatic carbocycles. The van der Waals surface area contributed by atoms with Gasteiger partial charge in [-0.05, 0) is 69.7 Å². The lowest BCUT2D eigenvalue weighted by Crippen LogP contribution is -2.40. The smallest absolute Gasteiger partial charge is 0.261 e. The summed E-state index contributed by atoms with van der Waals surface area (Å²) in [6.45, 7) is 7.59. The van der Waals surface area contributed by atoms with E-state index in [1.165, 1.54) is 10.0 Å². The summed E-state index contributed by atoms with van der Waals surface area (Å²) in [5.74, 6) is -1.11. The maximum Gasteiger partial charge on any atom is 0.261 e. The van der Waals surface area contributed by atoms with Crippen LogP contribution in [0.25, 0.3) is 0 Å². The fourth-order valence-corrected chi connectivity index (χ4v) is 6.68. The van der Waals surface area contributed by atoms with Gasteiger partial charge in [-0.15, -0.1) is 0 Å². The zero-order chi connectivity index (χ0) is 26.3. The van der Waals surface area contributed by atoms with Crippen LogP contribution in [0, 0.1) is 24.7 Å². The summed E-state index contributed by atoms with van der Waals surface area (Å²) in [6, 6.07) is 20.3. The molecule has 8 heteroatoms. The lowest BCUT2D eigenvalue weighted by atomic mass is 9.85. The number of benzene rings is 3. The number of fused-ring (bicyclic) bond motifs is 1. The first-order valence-electron chi connectivity index (χ1n) is 12.0. The normalized spacial score (nSPS) is 26.4. The van der Waals surface area contributed by atoms with Crippen molar-refractivity contribution in [1.82, 2.24) is 0 Å². The molecule has 2 amide bonds. The quantitative estimate of drug-likeness (QED) is 0.386. The van der Waals surface area contributed by atoms with Crippen LogP contribution in [0.2, 0.25) is 10.0 Å². The molecule has 2 spiro atoms. The molecule has 1 fully saturated rings. The van der Waals surface area contributed by atoms with Crippen molar-refractivity contribution >= 4 is 57.8 Å². The summed E-state index contributed by atoms with van der Waals surface area (Å²) in [6.07, 6.45) is 0. The number of carbonyl (C=O) groups excluding carboxylic acids is 2. The number of hydrogen-bond donors (Lipinski definition) is 0. The molecule has 2 atom stereocenters. The number of hydrogen-bond acceptors (Lipinski definition) is 4. The summed E-state index contributed by atoms with van der Waals surface area (Å²) in [5.41, 5.74) is 2.72. The van der Waals surface area contributed by atoms with Gasteiger partial charge in [0, 0.05) is 16.0 Å². The standard InChI is InChI=1S/C29H24Cl2N4O2/c1-16-5-10-21(11-6-16)34-26(36)28(18(3)32-34)25(23-14-9-20(30)15-24(23)31)29(28)19(4)33-35(27(29)37)22-12-7-17(2)8-13-22/h5-15,25H,1-4H3. The maximum absolute atomic E-state index is 14.4. The Morgan fingerprint density at radius 3 is 1.51 bits per heavy atom. The maximum atomic E-state index is 14.4.